The molecule has 0 atom stereocenters. The van der Waals surface area contributed by atoms with Crippen LogP contribution < -0.4 is 0 Å². The zero-order valence-corrected chi connectivity index (χ0v) is 9.78. The van der Waals surface area contributed by atoms with E-state index in [1.165, 1.54) is 0 Å². The lowest BCUT2D eigenvalue weighted by atomic mass is 10.1. The van der Waals surface area contributed by atoms with Crippen molar-refractivity contribution in [3.8, 4) is 0 Å². The molecule has 0 spiro atoms. The van der Waals surface area contributed by atoms with Crippen LogP contribution >= 0.6 is 0 Å². The number of amidine groups is 1. The largest absolute Gasteiger partial charge is 0.361 e. The van der Waals surface area contributed by atoms with E-state index < -0.39 is 0 Å². The number of pyridine rings is 1. The van der Waals surface area contributed by atoms with E-state index in [9.17, 15) is 0 Å². The summed E-state index contributed by atoms with van der Waals surface area (Å²) in [6.07, 6.45) is 0. The van der Waals surface area contributed by atoms with Crippen LogP contribution in [-0.4, -0.2) is 29.8 Å². The lowest BCUT2D eigenvalue weighted by molar-refractivity contribution is 0.617. The van der Waals surface area contributed by atoms with E-state index in [0.29, 0.717) is 5.84 Å². The maximum atomic E-state index is 7.92. The first kappa shape index (κ1) is 10.6. The molecule has 1 aromatic heterocycles. The molecule has 3 heteroatoms. The first-order valence-corrected chi connectivity index (χ1v) is 5.22. The number of nitrogens with zero attached hydrogens (tertiary/aromatic N) is 2. The fourth-order valence-electron chi connectivity index (χ4n) is 1.70. The number of aromatic nitrogens is 1. The van der Waals surface area contributed by atoms with Crippen molar-refractivity contribution >= 4 is 16.7 Å². The molecule has 1 aromatic carbocycles. The summed E-state index contributed by atoms with van der Waals surface area (Å²) in [4.78, 5) is 6.25. The van der Waals surface area contributed by atoms with Crippen molar-refractivity contribution in [2.75, 3.05) is 14.1 Å². The number of rotatable bonds is 1. The second-order valence-electron chi connectivity index (χ2n) is 4.08. The smallest absolute Gasteiger partial charge is 0.146 e. The van der Waals surface area contributed by atoms with Gasteiger partial charge in [-0.1, -0.05) is 18.2 Å². The zero-order chi connectivity index (χ0) is 11.7. The Balaban J connectivity index is 2.62. The minimum absolute atomic E-state index is 0.439. The summed E-state index contributed by atoms with van der Waals surface area (Å²) in [5, 5.41) is 9.07. The predicted octanol–water partition coefficient (Wildman–Crippen LogP) is 2.43. The van der Waals surface area contributed by atoms with Crippen LogP contribution in [0.2, 0.25) is 0 Å². The second kappa shape index (κ2) is 3.93. The van der Waals surface area contributed by atoms with Gasteiger partial charge in [-0.15, -0.1) is 0 Å². The molecule has 0 aliphatic carbocycles. The van der Waals surface area contributed by atoms with E-state index in [2.05, 4.69) is 18.0 Å². The summed E-state index contributed by atoms with van der Waals surface area (Å²) in [6, 6.07) is 9.98. The van der Waals surface area contributed by atoms with E-state index in [1.54, 1.807) is 4.90 Å². The third kappa shape index (κ3) is 1.76. The Morgan fingerprint density at radius 2 is 1.94 bits per heavy atom. The van der Waals surface area contributed by atoms with Gasteiger partial charge in [-0.25, -0.2) is 4.98 Å². The van der Waals surface area contributed by atoms with E-state index in [1.807, 2.05) is 38.4 Å². The van der Waals surface area contributed by atoms with Gasteiger partial charge in [0.1, 0.15) is 11.5 Å². The van der Waals surface area contributed by atoms with E-state index in [-0.39, 0.29) is 0 Å². The maximum Gasteiger partial charge on any atom is 0.146 e. The highest BCUT2D eigenvalue weighted by Gasteiger charge is 2.08. The Bertz CT molecular complexity index is 544. The number of nitrogens with one attached hydrogen (secondary N) is 1. The van der Waals surface area contributed by atoms with Crippen molar-refractivity contribution < 1.29 is 0 Å². The van der Waals surface area contributed by atoms with Crippen molar-refractivity contribution in [2.24, 2.45) is 0 Å². The van der Waals surface area contributed by atoms with Gasteiger partial charge < -0.3 is 4.90 Å². The molecular weight excluding hydrogens is 198 g/mol. The van der Waals surface area contributed by atoms with Crippen LogP contribution in [0.4, 0.5) is 0 Å². The third-order valence-corrected chi connectivity index (χ3v) is 2.61. The summed E-state index contributed by atoms with van der Waals surface area (Å²) >= 11 is 0. The normalized spacial score (nSPS) is 10.4. The minimum atomic E-state index is 0.439. The van der Waals surface area contributed by atoms with Crippen LogP contribution in [0.25, 0.3) is 10.9 Å². The fourth-order valence-corrected chi connectivity index (χ4v) is 1.70. The van der Waals surface area contributed by atoms with Gasteiger partial charge >= 0.3 is 0 Å². The van der Waals surface area contributed by atoms with Crippen LogP contribution in [0.15, 0.2) is 30.3 Å². The molecule has 1 N–H and O–H groups in total. The van der Waals surface area contributed by atoms with Crippen molar-refractivity contribution in [3.63, 3.8) is 0 Å². The van der Waals surface area contributed by atoms with Crippen LogP contribution in [0, 0.1) is 12.3 Å². The maximum absolute atomic E-state index is 7.92. The van der Waals surface area contributed by atoms with Gasteiger partial charge in [-0.05, 0) is 24.6 Å². The number of para-hydroxylation sites is 1. The van der Waals surface area contributed by atoms with Crippen molar-refractivity contribution in [2.45, 2.75) is 6.92 Å². The van der Waals surface area contributed by atoms with E-state index in [0.717, 1.165) is 22.2 Å². The molecule has 0 unspecified atom stereocenters. The Kier molecular flexibility index (Phi) is 2.60. The molecule has 2 rings (SSSR count). The second-order valence-corrected chi connectivity index (χ2v) is 4.08. The van der Waals surface area contributed by atoms with Gasteiger partial charge in [-0.2, -0.15) is 0 Å². The summed E-state index contributed by atoms with van der Waals surface area (Å²) < 4.78 is 0. The Morgan fingerprint density at radius 1 is 1.25 bits per heavy atom. The molecule has 16 heavy (non-hydrogen) atoms. The van der Waals surface area contributed by atoms with Crippen LogP contribution in [0.1, 0.15) is 11.3 Å². The van der Waals surface area contributed by atoms with Gasteiger partial charge in [0.2, 0.25) is 0 Å². The lowest BCUT2D eigenvalue weighted by Crippen LogP contribution is -2.22. The summed E-state index contributed by atoms with van der Waals surface area (Å²) in [7, 11) is 3.71. The van der Waals surface area contributed by atoms with E-state index in [4.69, 9.17) is 5.41 Å². The monoisotopic (exact) mass is 213 g/mol. The first-order valence-electron chi connectivity index (χ1n) is 5.22. The molecular formula is C13H15N3. The molecule has 2 aromatic rings. The average molecular weight is 213 g/mol. The molecule has 1 heterocycles. The molecule has 0 aliphatic rings. The third-order valence-electron chi connectivity index (χ3n) is 2.61. The highest BCUT2D eigenvalue weighted by atomic mass is 15.1. The highest BCUT2D eigenvalue weighted by Crippen LogP contribution is 2.17. The van der Waals surface area contributed by atoms with Gasteiger partial charge in [-0.3, -0.25) is 5.41 Å². The SMILES string of the molecule is Cc1cc(C(=N)N(C)C)nc2ccccc12. The van der Waals surface area contributed by atoms with E-state index >= 15 is 0 Å². The molecule has 0 saturated carbocycles. The topological polar surface area (TPSA) is 40.0 Å². The summed E-state index contributed by atoms with van der Waals surface area (Å²) in [5.41, 5.74) is 2.83. The van der Waals surface area contributed by atoms with Crippen LogP contribution in [0.3, 0.4) is 0 Å². The van der Waals surface area contributed by atoms with Gasteiger partial charge in [0.25, 0.3) is 0 Å². The standard InChI is InChI=1S/C13H15N3/c1-9-8-12(13(14)16(2)3)15-11-7-5-4-6-10(9)11/h4-8,14H,1-3H3. The number of hydrogen-bond donors (Lipinski definition) is 1. The number of fused-ring (bicyclic) bond motifs is 1. The minimum Gasteiger partial charge on any atom is -0.361 e. The average Bonchev–Trinajstić information content (AvgIpc) is 2.28. The quantitative estimate of drug-likeness (QED) is 0.583. The van der Waals surface area contributed by atoms with Crippen LogP contribution in [0.5, 0.6) is 0 Å². The number of benzene rings is 1. The Morgan fingerprint density at radius 3 is 2.62 bits per heavy atom. The summed E-state index contributed by atoms with van der Waals surface area (Å²) in [6.45, 7) is 2.05. The molecule has 0 bridgehead atoms. The van der Waals surface area contributed by atoms with Crippen LogP contribution in [-0.2, 0) is 0 Å². The highest BCUT2D eigenvalue weighted by molar-refractivity contribution is 5.97. The van der Waals surface area contributed by atoms with Crippen molar-refractivity contribution in [1.82, 2.24) is 9.88 Å². The van der Waals surface area contributed by atoms with Crippen molar-refractivity contribution in [3.05, 3.63) is 41.6 Å². The van der Waals surface area contributed by atoms with Gasteiger partial charge in [0, 0.05) is 19.5 Å². The molecule has 3 nitrogen and oxygen atoms in total. The molecule has 0 amide bonds. The Labute approximate surface area is 95.2 Å². The number of hydrogen-bond acceptors (Lipinski definition) is 2. The first-order chi connectivity index (χ1) is 7.59. The number of aryl methyl sites for hydroxylation is 1. The zero-order valence-electron chi connectivity index (χ0n) is 9.78. The molecule has 0 radical (unpaired) electrons. The fraction of sp³-hybridized carbons (Fsp3) is 0.231. The summed E-state index contributed by atoms with van der Waals surface area (Å²) in [5.74, 6) is 0.439. The molecule has 82 valence electrons. The Hall–Kier alpha value is -1.90. The molecule has 0 aliphatic heterocycles. The predicted molar refractivity (Wildman–Crippen MR) is 67.0 cm³/mol. The molecule has 0 saturated heterocycles. The van der Waals surface area contributed by atoms with Gasteiger partial charge in [0.05, 0.1) is 5.52 Å². The van der Waals surface area contributed by atoms with Gasteiger partial charge in [0.15, 0.2) is 0 Å². The molecule has 0 fully saturated rings. The lowest BCUT2D eigenvalue weighted by Gasteiger charge is -2.14. The van der Waals surface area contributed by atoms with Crippen molar-refractivity contribution in [1.29, 1.82) is 5.41 Å².